The molecule has 1 aromatic carbocycles. The Morgan fingerprint density at radius 2 is 2.31 bits per heavy atom. The summed E-state index contributed by atoms with van der Waals surface area (Å²) in [4.78, 5) is 0. The number of methoxy groups -OCH3 is 1. The van der Waals surface area contributed by atoms with Crippen LogP contribution in [0.1, 0.15) is 12.8 Å². The van der Waals surface area contributed by atoms with E-state index in [4.69, 9.17) is 16.3 Å². The van der Waals surface area contributed by atoms with E-state index in [2.05, 4.69) is 10.5 Å². The zero-order valence-electron chi connectivity index (χ0n) is 8.84. The van der Waals surface area contributed by atoms with Crippen molar-refractivity contribution < 1.29 is 9.13 Å². The second-order valence-electron chi connectivity index (χ2n) is 3.70. The highest BCUT2D eigenvalue weighted by Crippen LogP contribution is 2.34. The summed E-state index contributed by atoms with van der Waals surface area (Å²) in [7, 11) is 1.48. The molecule has 0 bridgehead atoms. The molecule has 0 amide bonds. The maximum atomic E-state index is 13.1. The SMILES string of the molecule is COc1c(Cl)cc(F)cc1N/N=C/C1CC1. The summed E-state index contributed by atoms with van der Waals surface area (Å²) in [6, 6.07) is 2.51. The lowest BCUT2D eigenvalue weighted by Crippen LogP contribution is -1.96. The molecule has 0 radical (unpaired) electrons. The first-order chi connectivity index (χ1) is 7.70. The number of ether oxygens (including phenoxy) is 1. The standard InChI is InChI=1S/C11H12ClFN2O/c1-16-11-9(12)4-8(13)5-10(11)15-14-6-7-2-3-7/h4-7,15H,2-3H2,1H3/b14-6+. The van der Waals surface area contributed by atoms with Gasteiger partial charge in [0.05, 0.1) is 12.1 Å². The molecule has 16 heavy (non-hydrogen) atoms. The summed E-state index contributed by atoms with van der Waals surface area (Å²) in [5.41, 5.74) is 3.17. The van der Waals surface area contributed by atoms with Gasteiger partial charge < -0.3 is 4.74 Å². The Balaban J connectivity index is 2.16. The lowest BCUT2D eigenvalue weighted by atomic mass is 10.3. The van der Waals surface area contributed by atoms with Gasteiger partial charge in [0.15, 0.2) is 5.75 Å². The monoisotopic (exact) mass is 242 g/mol. The van der Waals surface area contributed by atoms with Crippen LogP contribution in [0, 0.1) is 11.7 Å². The minimum atomic E-state index is -0.421. The molecule has 2 rings (SSSR count). The molecular formula is C11H12ClFN2O. The summed E-state index contributed by atoms with van der Waals surface area (Å²) < 4.78 is 18.2. The number of anilines is 1. The maximum absolute atomic E-state index is 13.1. The highest BCUT2D eigenvalue weighted by atomic mass is 35.5. The molecule has 0 aromatic heterocycles. The van der Waals surface area contributed by atoms with Crippen LogP contribution in [0.3, 0.4) is 0 Å². The van der Waals surface area contributed by atoms with Crippen LogP contribution in [0.5, 0.6) is 5.75 Å². The molecule has 1 saturated carbocycles. The van der Waals surface area contributed by atoms with Crippen LogP contribution in [0.2, 0.25) is 5.02 Å². The van der Waals surface area contributed by atoms with Gasteiger partial charge in [0, 0.05) is 12.3 Å². The Hall–Kier alpha value is -1.29. The number of nitrogens with zero attached hydrogens (tertiary/aromatic N) is 1. The Morgan fingerprint density at radius 3 is 2.94 bits per heavy atom. The molecule has 0 spiro atoms. The third kappa shape index (κ3) is 2.64. The van der Waals surface area contributed by atoms with Gasteiger partial charge in [-0.25, -0.2) is 4.39 Å². The van der Waals surface area contributed by atoms with Crippen LogP contribution in [-0.4, -0.2) is 13.3 Å². The zero-order chi connectivity index (χ0) is 11.5. The van der Waals surface area contributed by atoms with Crippen molar-refractivity contribution >= 4 is 23.5 Å². The van der Waals surface area contributed by atoms with Crippen LogP contribution >= 0.6 is 11.6 Å². The molecule has 1 aliphatic rings. The van der Waals surface area contributed by atoms with E-state index in [1.807, 2.05) is 6.21 Å². The molecule has 0 atom stereocenters. The predicted octanol–water partition coefficient (Wildman–Crippen LogP) is 3.30. The lowest BCUT2D eigenvalue weighted by molar-refractivity contribution is 0.415. The number of nitrogens with one attached hydrogen (secondary N) is 1. The lowest BCUT2D eigenvalue weighted by Gasteiger charge is -2.09. The van der Waals surface area contributed by atoms with Gasteiger partial charge in [0.1, 0.15) is 11.5 Å². The smallest absolute Gasteiger partial charge is 0.162 e. The number of hydrogen-bond acceptors (Lipinski definition) is 3. The normalized spacial score (nSPS) is 15.4. The number of benzene rings is 1. The molecule has 3 nitrogen and oxygen atoms in total. The average molecular weight is 243 g/mol. The van der Waals surface area contributed by atoms with Crippen molar-refractivity contribution in [3.63, 3.8) is 0 Å². The van der Waals surface area contributed by atoms with Gasteiger partial charge in [0.2, 0.25) is 0 Å². The quantitative estimate of drug-likeness (QED) is 0.649. The summed E-state index contributed by atoms with van der Waals surface area (Å²) in [6.07, 6.45) is 4.16. The highest BCUT2D eigenvalue weighted by Gasteiger charge is 2.18. The minimum Gasteiger partial charge on any atom is -0.493 e. The van der Waals surface area contributed by atoms with Crippen LogP contribution in [0.15, 0.2) is 17.2 Å². The average Bonchev–Trinajstić information content (AvgIpc) is 3.01. The van der Waals surface area contributed by atoms with Crippen molar-refractivity contribution in [3.8, 4) is 5.75 Å². The van der Waals surface area contributed by atoms with E-state index in [9.17, 15) is 4.39 Å². The van der Waals surface area contributed by atoms with Crippen molar-refractivity contribution in [1.82, 2.24) is 0 Å². The van der Waals surface area contributed by atoms with Crippen molar-refractivity contribution in [2.24, 2.45) is 11.0 Å². The van der Waals surface area contributed by atoms with Crippen molar-refractivity contribution in [2.75, 3.05) is 12.5 Å². The van der Waals surface area contributed by atoms with E-state index in [-0.39, 0.29) is 5.02 Å². The van der Waals surface area contributed by atoms with Gasteiger partial charge in [-0.05, 0) is 24.8 Å². The van der Waals surface area contributed by atoms with Crippen LogP contribution in [0.4, 0.5) is 10.1 Å². The fraction of sp³-hybridized carbons (Fsp3) is 0.364. The van der Waals surface area contributed by atoms with Crippen molar-refractivity contribution in [3.05, 3.63) is 23.0 Å². The van der Waals surface area contributed by atoms with Crippen molar-refractivity contribution in [2.45, 2.75) is 12.8 Å². The first kappa shape index (κ1) is 11.2. The molecule has 0 unspecified atom stereocenters. The number of hydrogen-bond donors (Lipinski definition) is 1. The molecule has 1 fully saturated rings. The molecule has 1 aliphatic carbocycles. The van der Waals surface area contributed by atoms with Gasteiger partial charge in [-0.2, -0.15) is 5.10 Å². The van der Waals surface area contributed by atoms with E-state index in [0.29, 0.717) is 17.4 Å². The van der Waals surface area contributed by atoms with E-state index in [0.717, 1.165) is 0 Å². The number of halogens is 2. The summed E-state index contributed by atoms with van der Waals surface area (Å²) in [5, 5.41) is 4.24. The van der Waals surface area contributed by atoms with Gasteiger partial charge in [-0.15, -0.1) is 0 Å². The van der Waals surface area contributed by atoms with Gasteiger partial charge in [-0.3, -0.25) is 5.43 Å². The van der Waals surface area contributed by atoms with Crippen LogP contribution < -0.4 is 10.2 Å². The van der Waals surface area contributed by atoms with E-state index in [1.165, 1.54) is 32.1 Å². The fourth-order valence-corrected chi connectivity index (χ4v) is 1.59. The van der Waals surface area contributed by atoms with E-state index >= 15 is 0 Å². The van der Waals surface area contributed by atoms with Gasteiger partial charge in [-0.1, -0.05) is 11.6 Å². The summed E-state index contributed by atoms with van der Waals surface area (Å²) in [6.45, 7) is 0. The molecule has 0 saturated heterocycles. The second kappa shape index (κ2) is 4.70. The number of rotatable bonds is 4. The van der Waals surface area contributed by atoms with E-state index < -0.39 is 5.82 Å². The molecule has 0 aliphatic heterocycles. The Kier molecular flexibility index (Phi) is 3.29. The fourth-order valence-electron chi connectivity index (χ4n) is 1.31. The van der Waals surface area contributed by atoms with Crippen LogP contribution in [-0.2, 0) is 0 Å². The predicted molar refractivity (Wildman–Crippen MR) is 62.8 cm³/mol. The molecule has 86 valence electrons. The Labute approximate surface area is 98.2 Å². The van der Waals surface area contributed by atoms with Crippen LogP contribution in [0.25, 0.3) is 0 Å². The highest BCUT2D eigenvalue weighted by molar-refractivity contribution is 6.32. The Morgan fingerprint density at radius 1 is 1.56 bits per heavy atom. The molecule has 0 heterocycles. The molecule has 1 N–H and O–H groups in total. The Bertz CT molecular complexity index is 419. The maximum Gasteiger partial charge on any atom is 0.162 e. The topological polar surface area (TPSA) is 33.6 Å². The number of hydrazone groups is 1. The van der Waals surface area contributed by atoms with Gasteiger partial charge >= 0.3 is 0 Å². The molecular weight excluding hydrogens is 231 g/mol. The first-order valence-corrected chi connectivity index (χ1v) is 5.40. The largest absolute Gasteiger partial charge is 0.493 e. The van der Waals surface area contributed by atoms with Gasteiger partial charge in [0.25, 0.3) is 0 Å². The summed E-state index contributed by atoms with van der Waals surface area (Å²) in [5.74, 6) is 0.536. The minimum absolute atomic E-state index is 0.228. The van der Waals surface area contributed by atoms with E-state index in [1.54, 1.807) is 0 Å². The third-order valence-corrected chi connectivity index (χ3v) is 2.59. The molecule has 5 heteroatoms. The first-order valence-electron chi connectivity index (χ1n) is 5.03. The zero-order valence-corrected chi connectivity index (χ0v) is 9.59. The third-order valence-electron chi connectivity index (χ3n) is 2.30. The molecule has 1 aromatic rings. The summed E-state index contributed by atoms with van der Waals surface area (Å²) >= 11 is 5.83. The second-order valence-corrected chi connectivity index (χ2v) is 4.10. The van der Waals surface area contributed by atoms with Crippen molar-refractivity contribution in [1.29, 1.82) is 0 Å².